The highest BCUT2D eigenvalue weighted by molar-refractivity contribution is 6.36. The number of nitriles is 1. The molecule has 1 aromatic heterocycles. The summed E-state index contributed by atoms with van der Waals surface area (Å²) in [5, 5.41) is 21.0. The Balaban J connectivity index is 1.61. The third kappa shape index (κ3) is 5.17. The van der Waals surface area contributed by atoms with E-state index in [1.165, 1.54) is 0 Å². The molecular weight excluding hydrogens is 504 g/mol. The van der Waals surface area contributed by atoms with E-state index in [0.29, 0.717) is 33.7 Å². The van der Waals surface area contributed by atoms with Gasteiger partial charge in [0.2, 0.25) is 0 Å². The predicted molar refractivity (Wildman–Crippen MR) is 154 cm³/mol. The molecular formula is C27H30BCl2N7. The zero-order valence-corrected chi connectivity index (χ0v) is 22.9. The zero-order chi connectivity index (χ0) is 26.4. The Morgan fingerprint density at radius 3 is 2.62 bits per heavy atom. The maximum Gasteiger partial charge on any atom is 0.148 e. The molecule has 190 valence electrons. The standard InChI is InChI=1S/C27H30BCl2N7/c1-26(2,3)15-33-24-16(12-31)13-32-25-19(24)10-17(11-22(25)30)34-27(28,20-6-4-5-7-21(20)29)23-14-37(36-35-23)18-8-9-18/h4-7,10-11,13-14,18,34-36H,8-9,15,28H2,1-3H3,(H,32,33). The second-order valence-electron chi connectivity index (χ2n) is 11.1. The molecule has 10 heteroatoms. The first-order valence-corrected chi connectivity index (χ1v) is 13.2. The number of aromatic nitrogens is 1. The number of fused-ring (bicyclic) bond motifs is 1. The van der Waals surface area contributed by atoms with E-state index in [4.69, 9.17) is 23.2 Å². The van der Waals surface area contributed by atoms with Crippen molar-refractivity contribution in [1.29, 1.82) is 5.26 Å². The molecule has 2 aromatic carbocycles. The van der Waals surface area contributed by atoms with Crippen LogP contribution in [0.25, 0.3) is 10.9 Å². The van der Waals surface area contributed by atoms with E-state index in [0.717, 1.165) is 40.9 Å². The van der Waals surface area contributed by atoms with Gasteiger partial charge in [-0.05, 0) is 42.0 Å². The number of hydrazine groups is 2. The average molecular weight is 534 g/mol. The van der Waals surface area contributed by atoms with Crippen molar-refractivity contribution in [3.8, 4) is 6.07 Å². The van der Waals surface area contributed by atoms with Crippen LogP contribution in [0.5, 0.6) is 0 Å². The Morgan fingerprint density at radius 1 is 1.19 bits per heavy atom. The number of benzene rings is 2. The topological polar surface area (TPSA) is 88.0 Å². The van der Waals surface area contributed by atoms with Gasteiger partial charge < -0.3 is 16.1 Å². The first-order chi connectivity index (χ1) is 17.6. The van der Waals surface area contributed by atoms with Crippen LogP contribution >= 0.6 is 23.2 Å². The molecule has 37 heavy (non-hydrogen) atoms. The van der Waals surface area contributed by atoms with Crippen LogP contribution in [0.3, 0.4) is 0 Å². The molecule has 5 rings (SSSR count). The van der Waals surface area contributed by atoms with Crippen molar-refractivity contribution in [2.45, 2.75) is 45.1 Å². The lowest BCUT2D eigenvalue weighted by atomic mass is 9.69. The molecule has 1 atom stereocenters. The number of nitrogens with one attached hydrogen (secondary N) is 4. The van der Waals surface area contributed by atoms with Gasteiger partial charge in [0.15, 0.2) is 0 Å². The van der Waals surface area contributed by atoms with Crippen molar-refractivity contribution in [2.24, 2.45) is 5.41 Å². The molecule has 1 unspecified atom stereocenters. The SMILES string of the molecule is BC(Nc1cc(Cl)c2ncc(C#N)c(NCC(C)(C)C)c2c1)(C1=CN(C2CC2)NN1)c1ccccc1Cl. The molecule has 0 bridgehead atoms. The molecule has 2 heterocycles. The van der Waals surface area contributed by atoms with Crippen molar-refractivity contribution in [3.05, 3.63) is 75.7 Å². The molecule has 1 saturated carbocycles. The minimum Gasteiger partial charge on any atom is -0.383 e. The van der Waals surface area contributed by atoms with Gasteiger partial charge in [0, 0.05) is 41.1 Å². The molecule has 0 radical (unpaired) electrons. The number of hydrogen-bond donors (Lipinski definition) is 4. The minimum absolute atomic E-state index is 0.0195. The highest BCUT2D eigenvalue weighted by Crippen LogP contribution is 2.39. The summed E-state index contributed by atoms with van der Waals surface area (Å²) >= 11 is 13.5. The summed E-state index contributed by atoms with van der Waals surface area (Å²) in [7, 11) is 2.09. The van der Waals surface area contributed by atoms with Crippen LogP contribution in [-0.4, -0.2) is 30.4 Å². The Labute approximate surface area is 228 Å². The molecule has 1 aliphatic carbocycles. The van der Waals surface area contributed by atoms with Crippen molar-refractivity contribution in [3.63, 3.8) is 0 Å². The van der Waals surface area contributed by atoms with E-state index >= 15 is 0 Å². The number of pyridine rings is 1. The van der Waals surface area contributed by atoms with Crippen LogP contribution < -0.4 is 21.6 Å². The van der Waals surface area contributed by atoms with Gasteiger partial charge in [0.05, 0.1) is 32.9 Å². The summed E-state index contributed by atoms with van der Waals surface area (Å²) in [6.07, 6.45) is 6.00. The Hall–Kier alpha value is -3.12. The molecule has 0 amide bonds. The van der Waals surface area contributed by atoms with Gasteiger partial charge in [0.1, 0.15) is 13.9 Å². The van der Waals surface area contributed by atoms with Crippen molar-refractivity contribution < 1.29 is 0 Å². The second kappa shape index (κ2) is 9.64. The Kier molecular flexibility index (Phi) is 6.65. The van der Waals surface area contributed by atoms with Crippen LogP contribution in [-0.2, 0) is 5.44 Å². The van der Waals surface area contributed by atoms with E-state index in [1.54, 1.807) is 6.20 Å². The molecule has 3 aromatic rings. The highest BCUT2D eigenvalue weighted by Gasteiger charge is 2.39. The first kappa shape index (κ1) is 25.5. The molecule has 0 spiro atoms. The van der Waals surface area contributed by atoms with E-state index in [-0.39, 0.29) is 5.41 Å². The normalized spacial score (nSPS) is 17.1. The van der Waals surface area contributed by atoms with Crippen LogP contribution in [0.4, 0.5) is 11.4 Å². The lowest BCUT2D eigenvalue weighted by Gasteiger charge is -2.34. The third-order valence-corrected chi connectivity index (χ3v) is 7.33. The van der Waals surface area contributed by atoms with Crippen LogP contribution in [0.1, 0.15) is 44.7 Å². The predicted octanol–water partition coefficient (Wildman–Crippen LogP) is 5.10. The molecule has 7 nitrogen and oxygen atoms in total. The van der Waals surface area contributed by atoms with Crippen LogP contribution in [0, 0.1) is 16.7 Å². The highest BCUT2D eigenvalue weighted by atomic mass is 35.5. The van der Waals surface area contributed by atoms with Gasteiger partial charge in [0.25, 0.3) is 0 Å². The monoisotopic (exact) mass is 533 g/mol. The molecule has 0 saturated heterocycles. The summed E-state index contributed by atoms with van der Waals surface area (Å²) in [5.41, 5.74) is 10.4. The molecule has 2 aliphatic rings. The summed E-state index contributed by atoms with van der Waals surface area (Å²) in [4.78, 5) is 4.50. The van der Waals surface area contributed by atoms with Gasteiger partial charge in [-0.25, -0.2) is 0 Å². The number of halogens is 2. The molecule has 4 N–H and O–H groups in total. The number of nitrogens with zero attached hydrogens (tertiary/aromatic N) is 3. The quantitative estimate of drug-likeness (QED) is 0.314. The van der Waals surface area contributed by atoms with E-state index in [9.17, 15) is 5.26 Å². The average Bonchev–Trinajstić information content (AvgIpc) is 3.57. The van der Waals surface area contributed by atoms with Crippen molar-refractivity contribution >= 4 is 53.3 Å². The van der Waals surface area contributed by atoms with Gasteiger partial charge in [-0.2, -0.15) is 5.26 Å². The van der Waals surface area contributed by atoms with E-state index < -0.39 is 5.44 Å². The first-order valence-electron chi connectivity index (χ1n) is 12.4. The van der Waals surface area contributed by atoms with Gasteiger partial charge >= 0.3 is 0 Å². The van der Waals surface area contributed by atoms with E-state index in [1.807, 2.05) is 36.4 Å². The lowest BCUT2D eigenvalue weighted by molar-refractivity contribution is 0.260. The number of anilines is 2. The fraction of sp³-hybridized carbons (Fsp3) is 0.333. The summed E-state index contributed by atoms with van der Waals surface area (Å²) in [5.74, 6) is 0. The lowest BCUT2D eigenvalue weighted by Crippen LogP contribution is -2.45. The fourth-order valence-corrected chi connectivity index (χ4v) is 5.12. The minimum atomic E-state index is -0.717. The second-order valence-corrected chi connectivity index (χ2v) is 11.9. The smallest absolute Gasteiger partial charge is 0.148 e. The van der Waals surface area contributed by atoms with Crippen molar-refractivity contribution in [1.82, 2.24) is 21.0 Å². The van der Waals surface area contributed by atoms with Gasteiger partial charge in [-0.1, -0.05) is 62.2 Å². The van der Waals surface area contributed by atoms with Crippen LogP contribution in [0.2, 0.25) is 10.0 Å². The summed E-state index contributed by atoms with van der Waals surface area (Å²) in [6, 6.07) is 14.4. The van der Waals surface area contributed by atoms with Crippen molar-refractivity contribution in [2.75, 3.05) is 17.2 Å². The fourth-order valence-electron chi connectivity index (χ4n) is 4.53. The Morgan fingerprint density at radius 2 is 1.95 bits per heavy atom. The maximum atomic E-state index is 9.81. The molecule has 1 aliphatic heterocycles. The maximum absolute atomic E-state index is 9.81. The third-order valence-electron chi connectivity index (χ3n) is 6.71. The number of hydrogen-bond acceptors (Lipinski definition) is 7. The summed E-state index contributed by atoms with van der Waals surface area (Å²) in [6.45, 7) is 7.12. The summed E-state index contributed by atoms with van der Waals surface area (Å²) < 4.78 is 0. The van der Waals surface area contributed by atoms with E-state index in [2.05, 4.69) is 72.5 Å². The molecule has 1 fully saturated rings. The van der Waals surface area contributed by atoms with Gasteiger partial charge in [-0.15, -0.1) is 5.53 Å². The number of rotatable bonds is 7. The van der Waals surface area contributed by atoms with Crippen LogP contribution in [0.15, 0.2) is 54.5 Å². The Bertz CT molecular complexity index is 1420. The zero-order valence-electron chi connectivity index (χ0n) is 21.4. The van der Waals surface area contributed by atoms with Gasteiger partial charge in [-0.3, -0.25) is 9.99 Å². The largest absolute Gasteiger partial charge is 0.383 e.